The van der Waals surface area contributed by atoms with Crippen LogP contribution >= 0.6 is 0 Å². The van der Waals surface area contributed by atoms with Crippen LogP contribution in [-0.2, 0) is 0 Å². The Balaban J connectivity index is 2.34. The fourth-order valence-electron chi connectivity index (χ4n) is 2.59. The normalized spacial score (nSPS) is 20.9. The van der Waals surface area contributed by atoms with Crippen LogP contribution in [0, 0.1) is 5.92 Å². The average Bonchev–Trinajstić information content (AvgIpc) is 2.28. The third-order valence-corrected chi connectivity index (χ3v) is 3.43. The lowest BCUT2D eigenvalue weighted by Gasteiger charge is -2.33. The summed E-state index contributed by atoms with van der Waals surface area (Å²) in [6.45, 7) is 8.75. The summed E-state index contributed by atoms with van der Waals surface area (Å²) in [5, 5.41) is 0. The predicted molar refractivity (Wildman–Crippen MR) is 71.1 cm³/mol. The van der Waals surface area contributed by atoms with Crippen molar-refractivity contribution in [2.24, 2.45) is 5.92 Å². The number of nitrogen functional groups attached to an aromatic ring is 1. The quantitative estimate of drug-likeness (QED) is 0.853. The van der Waals surface area contributed by atoms with Crippen molar-refractivity contribution in [3.05, 3.63) is 11.9 Å². The van der Waals surface area contributed by atoms with E-state index in [1.807, 2.05) is 0 Å². The Morgan fingerprint density at radius 3 is 2.82 bits per heavy atom. The molecule has 2 heterocycles. The summed E-state index contributed by atoms with van der Waals surface area (Å²) in [6, 6.07) is 0. The first-order chi connectivity index (χ1) is 8.09. The fraction of sp³-hybridized carbons (Fsp3) is 0.692. The molecule has 1 aliphatic rings. The van der Waals surface area contributed by atoms with Crippen molar-refractivity contribution in [3.8, 4) is 0 Å². The van der Waals surface area contributed by atoms with Crippen molar-refractivity contribution in [1.82, 2.24) is 9.97 Å². The lowest BCUT2D eigenvalue weighted by atomic mass is 9.98. The van der Waals surface area contributed by atoms with Crippen molar-refractivity contribution in [2.75, 3.05) is 23.7 Å². The molecule has 1 saturated heterocycles. The van der Waals surface area contributed by atoms with Crippen molar-refractivity contribution >= 4 is 11.6 Å². The molecule has 0 aliphatic carbocycles. The van der Waals surface area contributed by atoms with Crippen molar-refractivity contribution in [2.45, 2.75) is 39.5 Å². The molecular formula is C13H22N4. The van der Waals surface area contributed by atoms with Crippen molar-refractivity contribution < 1.29 is 0 Å². The smallest absolute Gasteiger partial charge is 0.137 e. The van der Waals surface area contributed by atoms with Crippen LogP contribution in [-0.4, -0.2) is 23.1 Å². The number of nitrogens with zero attached hydrogens (tertiary/aromatic N) is 3. The minimum atomic E-state index is 0.364. The summed E-state index contributed by atoms with van der Waals surface area (Å²) in [4.78, 5) is 10.9. The van der Waals surface area contributed by atoms with Gasteiger partial charge in [-0.25, -0.2) is 9.97 Å². The zero-order chi connectivity index (χ0) is 12.4. The summed E-state index contributed by atoms with van der Waals surface area (Å²) in [7, 11) is 0. The van der Waals surface area contributed by atoms with E-state index in [0.29, 0.717) is 11.7 Å². The molecule has 2 rings (SSSR count). The molecule has 4 nitrogen and oxygen atoms in total. The predicted octanol–water partition coefficient (Wildman–Crippen LogP) is 2.42. The van der Waals surface area contributed by atoms with Crippen LogP contribution in [0.3, 0.4) is 0 Å². The second-order valence-corrected chi connectivity index (χ2v) is 5.34. The Kier molecular flexibility index (Phi) is 3.50. The number of piperidine rings is 1. The molecule has 0 saturated carbocycles. The number of hydrogen-bond acceptors (Lipinski definition) is 4. The van der Waals surface area contributed by atoms with Gasteiger partial charge in [0.25, 0.3) is 0 Å². The van der Waals surface area contributed by atoms with Crippen molar-refractivity contribution in [1.29, 1.82) is 0 Å². The van der Waals surface area contributed by atoms with Gasteiger partial charge in [0, 0.05) is 18.7 Å². The molecule has 1 aromatic heterocycles. The molecule has 1 aliphatic heterocycles. The SMILES string of the molecule is CC1CCCN(c2ncnc(N)c2C(C)C)C1. The van der Waals surface area contributed by atoms with Gasteiger partial charge in [0.2, 0.25) is 0 Å². The molecule has 0 spiro atoms. The topological polar surface area (TPSA) is 55.0 Å². The molecule has 0 aromatic carbocycles. The standard InChI is InChI=1S/C13H22N4/c1-9(2)11-12(14)15-8-16-13(11)17-6-4-5-10(3)7-17/h8-10H,4-7H2,1-3H3,(H2,14,15,16). The van der Waals surface area contributed by atoms with E-state index in [1.165, 1.54) is 12.8 Å². The van der Waals surface area contributed by atoms with Crippen LogP contribution in [0.25, 0.3) is 0 Å². The molecule has 1 atom stereocenters. The number of anilines is 2. The van der Waals surface area contributed by atoms with E-state index in [4.69, 9.17) is 5.73 Å². The lowest BCUT2D eigenvalue weighted by Crippen LogP contribution is -2.35. The highest BCUT2D eigenvalue weighted by atomic mass is 15.2. The molecule has 0 amide bonds. The third-order valence-electron chi connectivity index (χ3n) is 3.43. The van der Waals surface area contributed by atoms with E-state index in [-0.39, 0.29) is 0 Å². The first-order valence-electron chi connectivity index (χ1n) is 6.45. The summed E-state index contributed by atoms with van der Waals surface area (Å²) in [6.07, 6.45) is 4.13. The van der Waals surface area contributed by atoms with E-state index in [9.17, 15) is 0 Å². The van der Waals surface area contributed by atoms with Crippen LogP contribution in [0.5, 0.6) is 0 Å². The van der Waals surface area contributed by atoms with Gasteiger partial charge in [-0.1, -0.05) is 20.8 Å². The second-order valence-electron chi connectivity index (χ2n) is 5.34. The molecule has 0 bridgehead atoms. The maximum absolute atomic E-state index is 5.99. The van der Waals surface area contributed by atoms with E-state index in [1.54, 1.807) is 6.33 Å². The molecule has 17 heavy (non-hydrogen) atoms. The summed E-state index contributed by atoms with van der Waals surface area (Å²) in [5.41, 5.74) is 7.08. The van der Waals surface area contributed by atoms with Crippen LogP contribution in [0.15, 0.2) is 6.33 Å². The maximum atomic E-state index is 5.99. The Morgan fingerprint density at radius 2 is 2.18 bits per heavy atom. The van der Waals surface area contributed by atoms with E-state index < -0.39 is 0 Å². The van der Waals surface area contributed by atoms with Crippen molar-refractivity contribution in [3.63, 3.8) is 0 Å². The molecule has 0 radical (unpaired) electrons. The minimum Gasteiger partial charge on any atom is -0.383 e. The first kappa shape index (κ1) is 12.1. The average molecular weight is 234 g/mol. The molecular weight excluding hydrogens is 212 g/mol. The first-order valence-corrected chi connectivity index (χ1v) is 6.45. The molecule has 2 N–H and O–H groups in total. The van der Waals surface area contributed by atoms with Gasteiger partial charge >= 0.3 is 0 Å². The van der Waals surface area contributed by atoms with Crippen LogP contribution < -0.4 is 10.6 Å². The lowest BCUT2D eigenvalue weighted by molar-refractivity contribution is 0.443. The second kappa shape index (κ2) is 4.90. The Labute approximate surface area is 103 Å². The molecule has 4 heteroatoms. The molecule has 1 unspecified atom stereocenters. The van der Waals surface area contributed by atoms with Crippen LogP contribution in [0.4, 0.5) is 11.6 Å². The van der Waals surface area contributed by atoms with E-state index in [0.717, 1.165) is 30.4 Å². The highest BCUT2D eigenvalue weighted by molar-refractivity contribution is 5.58. The maximum Gasteiger partial charge on any atom is 0.137 e. The minimum absolute atomic E-state index is 0.364. The number of hydrogen-bond donors (Lipinski definition) is 1. The Bertz CT molecular complexity index is 389. The molecule has 1 aromatic rings. The summed E-state index contributed by atoms with van der Waals surface area (Å²) >= 11 is 0. The number of nitrogens with two attached hydrogens (primary N) is 1. The largest absolute Gasteiger partial charge is 0.383 e. The van der Waals surface area contributed by atoms with Gasteiger partial charge in [-0.05, 0) is 24.7 Å². The number of aromatic nitrogens is 2. The van der Waals surface area contributed by atoms with Gasteiger partial charge in [0.1, 0.15) is 18.0 Å². The summed E-state index contributed by atoms with van der Waals surface area (Å²) in [5.74, 6) is 2.77. The zero-order valence-electron chi connectivity index (χ0n) is 11.0. The van der Waals surface area contributed by atoms with Crippen LogP contribution in [0.2, 0.25) is 0 Å². The summed E-state index contributed by atoms with van der Waals surface area (Å²) < 4.78 is 0. The van der Waals surface area contributed by atoms with Gasteiger partial charge < -0.3 is 10.6 Å². The Hall–Kier alpha value is -1.32. The van der Waals surface area contributed by atoms with Crippen LogP contribution in [0.1, 0.15) is 45.1 Å². The monoisotopic (exact) mass is 234 g/mol. The van der Waals surface area contributed by atoms with E-state index >= 15 is 0 Å². The van der Waals surface area contributed by atoms with Gasteiger partial charge in [-0.15, -0.1) is 0 Å². The van der Waals surface area contributed by atoms with Gasteiger partial charge in [-0.2, -0.15) is 0 Å². The zero-order valence-corrected chi connectivity index (χ0v) is 11.0. The fourth-order valence-corrected chi connectivity index (χ4v) is 2.59. The van der Waals surface area contributed by atoms with E-state index in [2.05, 4.69) is 35.6 Å². The third kappa shape index (κ3) is 2.51. The molecule has 94 valence electrons. The number of rotatable bonds is 2. The van der Waals surface area contributed by atoms with Gasteiger partial charge in [0.05, 0.1) is 0 Å². The Morgan fingerprint density at radius 1 is 1.41 bits per heavy atom. The highest BCUT2D eigenvalue weighted by Gasteiger charge is 2.22. The molecule has 1 fully saturated rings. The van der Waals surface area contributed by atoms with Gasteiger partial charge in [0.15, 0.2) is 0 Å². The highest BCUT2D eigenvalue weighted by Crippen LogP contribution is 2.31. The van der Waals surface area contributed by atoms with Gasteiger partial charge in [-0.3, -0.25) is 0 Å².